The van der Waals surface area contributed by atoms with Crippen LogP contribution in [0.3, 0.4) is 0 Å². The fourth-order valence-corrected chi connectivity index (χ4v) is 2.81. The van der Waals surface area contributed by atoms with Crippen molar-refractivity contribution in [3.63, 3.8) is 0 Å². The Kier molecular flexibility index (Phi) is 6.07. The van der Waals surface area contributed by atoms with E-state index in [1.807, 2.05) is 0 Å². The van der Waals surface area contributed by atoms with Crippen molar-refractivity contribution in [1.82, 2.24) is 0 Å². The first-order valence-corrected chi connectivity index (χ1v) is 7.58. The highest BCUT2D eigenvalue weighted by Gasteiger charge is 2.38. The average molecular weight is 462 g/mol. The summed E-state index contributed by atoms with van der Waals surface area (Å²) in [4.78, 5) is 10.5. The second-order valence-electron chi connectivity index (χ2n) is 3.72. The van der Waals surface area contributed by atoms with Crippen LogP contribution in [0.25, 0.3) is 0 Å². The minimum Gasteiger partial charge on any atom is -0.497 e. The molecule has 106 valence electrons. The summed E-state index contributed by atoms with van der Waals surface area (Å²) in [6, 6.07) is 5.19. The van der Waals surface area contributed by atoms with Crippen LogP contribution in [0, 0.1) is 10.1 Å². The maximum atomic E-state index is 10.8. The van der Waals surface area contributed by atoms with Gasteiger partial charge < -0.3 is 9.47 Å². The Morgan fingerprint density at radius 3 is 2.37 bits per heavy atom. The first-order chi connectivity index (χ1) is 8.79. The lowest BCUT2D eigenvalue weighted by Gasteiger charge is -2.24. The molecule has 5 nitrogen and oxygen atoms in total. The van der Waals surface area contributed by atoms with Gasteiger partial charge >= 0.3 is 0 Å². The lowest BCUT2D eigenvalue weighted by atomic mass is 10.00. The highest BCUT2D eigenvalue weighted by molar-refractivity contribution is 9.39. The van der Waals surface area contributed by atoms with Gasteiger partial charge in [-0.15, -0.1) is 0 Å². The molecule has 1 rings (SSSR count). The fourth-order valence-electron chi connectivity index (χ4n) is 1.63. The average Bonchev–Trinajstić information content (AvgIpc) is 2.33. The van der Waals surface area contributed by atoms with Crippen LogP contribution in [-0.2, 0) is 0 Å². The molecule has 0 saturated carbocycles. The van der Waals surface area contributed by atoms with Crippen LogP contribution < -0.4 is 9.47 Å². The number of ether oxygens (including phenoxy) is 2. The van der Waals surface area contributed by atoms with E-state index >= 15 is 0 Å². The number of hydrogen-bond donors (Lipinski definition) is 0. The van der Waals surface area contributed by atoms with Gasteiger partial charge in [0.05, 0.1) is 20.1 Å². The van der Waals surface area contributed by atoms with Crippen molar-refractivity contribution in [2.45, 2.75) is 8.06 Å². The maximum Gasteiger partial charge on any atom is 0.213 e. The van der Waals surface area contributed by atoms with Crippen molar-refractivity contribution in [1.29, 1.82) is 0 Å². The van der Waals surface area contributed by atoms with E-state index in [1.165, 1.54) is 7.11 Å². The number of hydrogen-bond acceptors (Lipinski definition) is 4. The zero-order valence-corrected chi connectivity index (χ0v) is 15.0. The Morgan fingerprint density at radius 2 is 1.95 bits per heavy atom. The Morgan fingerprint density at radius 1 is 1.32 bits per heavy atom. The Bertz CT molecular complexity index is 462. The molecule has 0 saturated heterocycles. The first-order valence-electron chi connectivity index (χ1n) is 5.20. The van der Waals surface area contributed by atoms with Crippen molar-refractivity contribution in [2.75, 3.05) is 20.8 Å². The molecule has 0 N–H and O–H groups in total. The molecule has 0 heterocycles. The van der Waals surface area contributed by atoms with Crippen LogP contribution in [0.15, 0.2) is 18.2 Å². The third-order valence-corrected chi connectivity index (χ3v) is 4.20. The summed E-state index contributed by atoms with van der Waals surface area (Å²) >= 11 is 10.1. The highest BCUT2D eigenvalue weighted by atomic mass is 80.0. The quantitative estimate of drug-likeness (QED) is 0.379. The molecule has 0 aliphatic heterocycles. The molecule has 0 spiro atoms. The van der Waals surface area contributed by atoms with Gasteiger partial charge in [0.2, 0.25) is 6.54 Å². The van der Waals surface area contributed by atoms with E-state index in [0.29, 0.717) is 17.1 Å². The molecule has 1 unspecified atom stereocenters. The van der Waals surface area contributed by atoms with Crippen LogP contribution in [-0.4, -0.2) is 27.8 Å². The van der Waals surface area contributed by atoms with Crippen LogP contribution >= 0.6 is 47.8 Å². The predicted molar refractivity (Wildman–Crippen MR) is 83.7 cm³/mol. The number of halogens is 3. The van der Waals surface area contributed by atoms with Gasteiger partial charge in [0.25, 0.3) is 0 Å². The molecule has 19 heavy (non-hydrogen) atoms. The summed E-state index contributed by atoms with van der Waals surface area (Å²) < 4.78 is 9.60. The topological polar surface area (TPSA) is 61.6 Å². The van der Waals surface area contributed by atoms with Gasteiger partial charge in [-0.1, -0.05) is 53.9 Å². The number of benzene rings is 1. The van der Waals surface area contributed by atoms with Crippen molar-refractivity contribution in [3.05, 3.63) is 33.9 Å². The van der Waals surface area contributed by atoms with E-state index < -0.39 is 8.06 Å². The van der Waals surface area contributed by atoms with Gasteiger partial charge in [0.15, 0.2) is 0 Å². The lowest BCUT2D eigenvalue weighted by Crippen LogP contribution is -2.24. The zero-order chi connectivity index (χ0) is 14.6. The van der Waals surface area contributed by atoms with E-state index in [2.05, 4.69) is 47.8 Å². The number of nitro groups is 1. The molecule has 0 fully saturated rings. The van der Waals surface area contributed by atoms with Crippen molar-refractivity contribution < 1.29 is 14.4 Å². The van der Waals surface area contributed by atoms with Crippen LogP contribution in [0.2, 0.25) is 0 Å². The van der Waals surface area contributed by atoms with Gasteiger partial charge in [0, 0.05) is 16.6 Å². The van der Waals surface area contributed by atoms with Gasteiger partial charge in [0.1, 0.15) is 13.6 Å². The third kappa shape index (κ3) is 4.61. The minimum atomic E-state index is -0.790. The summed E-state index contributed by atoms with van der Waals surface area (Å²) in [5.74, 6) is 0.696. The Balaban J connectivity index is 3.25. The highest BCUT2D eigenvalue weighted by Crippen LogP contribution is 2.49. The van der Waals surface area contributed by atoms with E-state index in [1.54, 1.807) is 25.3 Å². The van der Waals surface area contributed by atoms with Crippen molar-refractivity contribution in [3.8, 4) is 11.5 Å². The second kappa shape index (κ2) is 6.90. The normalized spacial score (nSPS) is 12.9. The molecule has 0 bridgehead atoms. The summed E-state index contributed by atoms with van der Waals surface area (Å²) in [6.07, 6.45) is 0. The van der Waals surface area contributed by atoms with Crippen molar-refractivity contribution in [2.24, 2.45) is 0 Å². The van der Waals surface area contributed by atoms with Gasteiger partial charge in [-0.25, -0.2) is 0 Å². The molecule has 0 aliphatic rings. The van der Waals surface area contributed by atoms with Crippen LogP contribution in [0.4, 0.5) is 0 Å². The minimum absolute atomic E-state index is 0.259. The summed E-state index contributed by atoms with van der Waals surface area (Å²) in [6.45, 7) is -0.259. The monoisotopic (exact) mass is 459 g/mol. The number of nitrogens with zero attached hydrogens (tertiary/aromatic N) is 1. The van der Waals surface area contributed by atoms with Crippen LogP contribution in [0.5, 0.6) is 11.5 Å². The summed E-state index contributed by atoms with van der Waals surface area (Å²) in [7, 11) is 3.06. The van der Waals surface area contributed by atoms with Gasteiger partial charge in [-0.2, -0.15) is 0 Å². The van der Waals surface area contributed by atoms with E-state index in [0.717, 1.165) is 0 Å². The van der Waals surface area contributed by atoms with E-state index in [4.69, 9.17) is 9.47 Å². The second-order valence-corrected chi connectivity index (χ2v) is 10.7. The number of alkyl halides is 3. The van der Waals surface area contributed by atoms with Gasteiger partial charge in [-0.05, 0) is 6.07 Å². The maximum absolute atomic E-state index is 10.8. The molecule has 8 heteroatoms. The standard InChI is InChI=1S/C11H12Br3NO4/c1-18-7-3-4-8(10(5-7)19-2)9(6-15(16)17)11(12,13)14/h3-5,9H,6H2,1-2H3. The predicted octanol–water partition coefficient (Wildman–Crippen LogP) is 3.90. The molecule has 0 aliphatic carbocycles. The largest absolute Gasteiger partial charge is 0.497 e. The Labute approximate surface area is 136 Å². The number of methoxy groups -OCH3 is 2. The molecular weight excluding hydrogens is 450 g/mol. The third-order valence-electron chi connectivity index (χ3n) is 2.54. The SMILES string of the molecule is COc1ccc(C(C[N+](=O)[O-])C(Br)(Br)Br)c(OC)c1. The van der Waals surface area contributed by atoms with Crippen LogP contribution in [0.1, 0.15) is 11.5 Å². The smallest absolute Gasteiger partial charge is 0.213 e. The molecular formula is C11H12Br3NO4. The fraction of sp³-hybridized carbons (Fsp3) is 0.455. The van der Waals surface area contributed by atoms with Crippen molar-refractivity contribution >= 4 is 47.8 Å². The zero-order valence-electron chi connectivity index (χ0n) is 10.2. The Hall–Kier alpha value is -0.340. The first kappa shape index (κ1) is 16.7. The van der Waals surface area contributed by atoms with E-state index in [9.17, 15) is 10.1 Å². The molecule has 0 amide bonds. The molecule has 0 aromatic heterocycles. The molecule has 1 aromatic carbocycles. The lowest BCUT2D eigenvalue weighted by molar-refractivity contribution is -0.483. The molecule has 0 radical (unpaired) electrons. The summed E-state index contributed by atoms with van der Waals surface area (Å²) in [5, 5.41) is 10.8. The van der Waals surface area contributed by atoms with E-state index in [-0.39, 0.29) is 11.5 Å². The molecule has 1 atom stereocenters. The molecule has 1 aromatic rings. The summed E-state index contributed by atoms with van der Waals surface area (Å²) in [5.41, 5.74) is 0.700. The van der Waals surface area contributed by atoms with Gasteiger partial charge in [-0.3, -0.25) is 10.1 Å². The number of rotatable bonds is 5.